The highest BCUT2D eigenvalue weighted by molar-refractivity contribution is 9.10. The number of hydrogen-bond donors (Lipinski definition) is 1. The van der Waals surface area contributed by atoms with Crippen molar-refractivity contribution in [1.29, 1.82) is 0 Å². The maximum absolute atomic E-state index is 12.8. The van der Waals surface area contributed by atoms with Crippen LogP contribution in [0.5, 0.6) is 5.75 Å². The molecule has 3 aromatic carbocycles. The van der Waals surface area contributed by atoms with Gasteiger partial charge in [-0.1, -0.05) is 47.5 Å². The Balaban J connectivity index is 1.40. The zero-order valence-corrected chi connectivity index (χ0v) is 22.7. The molecular formula is C27H22BrClN2O4S. The molecule has 4 rings (SSSR count). The predicted octanol–water partition coefficient (Wildman–Crippen LogP) is 6.97. The van der Waals surface area contributed by atoms with Gasteiger partial charge < -0.3 is 10.1 Å². The topological polar surface area (TPSA) is 75.7 Å². The number of amides is 3. The van der Waals surface area contributed by atoms with Crippen LogP contribution in [0.2, 0.25) is 5.02 Å². The lowest BCUT2D eigenvalue weighted by Crippen LogP contribution is -2.36. The van der Waals surface area contributed by atoms with Gasteiger partial charge in [0.15, 0.2) is 0 Å². The van der Waals surface area contributed by atoms with Gasteiger partial charge in [0.25, 0.3) is 11.1 Å². The Bertz CT molecular complexity index is 1370. The van der Waals surface area contributed by atoms with Crippen molar-refractivity contribution in [2.45, 2.75) is 20.5 Å². The first-order valence-corrected chi connectivity index (χ1v) is 13.0. The molecule has 36 heavy (non-hydrogen) atoms. The van der Waals surface area contributed by atoms with E-state index in [1.54, 1.807) is 42.5 Å². The Hall–Kier alpha value is -3.07. The molecule has 9 heteroatoms. The average Bonchev–Trinajstić information content (AvgIpc) is 3.08. The normalized spacial score (nSPS) is 14.4. The molecule has 1 heterocycles. The maximum atomic E-state index is 12.8. The maximum Gasteiger partial charge on any atom is 0.294 e. The van der Waals surface area contributed by atoms with Crippen molar-refractivity contribution >= 4 is 68.1 Å². The molecule has 6 nitrogen and oxygen atoms in total. The lowest BCUT2D eigenvalue weighted by molar-refractivity contribution is -0.127. The summed E-state index contributed by atoms with van der Waals surface area (Å²) in [6.07, 6.45) is 1.63. The van der Waals surface area contributed by atoms with Crippen LogP contribution >= 0.6 is 39.3 Å². The first kappa shape index (κ1) is 26.0. The van der Waals surface area contributed by atoms with E-state index in [4.69, 9.17) is 16.3 Å². The van der Waals surface area contributed by atoms with Crippen molar-refractivity contribution in [3.63, 3.8) is 0 Å². The summed E-state index contributed by atoms with van der Waals surface area (Å²) in [5.41, 5.74) is 4.32. The summed E-state index contributed by atoms with van der Waals surface area (Å²) in [7, 11) is 0. The molecule has 1 saturated heterocycles. The first-order valence-electron chi connectivity index (χ1n) is 11.0. The number of benzene rings is 3. The average molecular weight is 586 g/mol. The summed E-state index contributed by atoms with van der Waals surface area (Å²) >= 11 is 10.2. The van der Waals surface area contributed by atoms with E-state index in [0.717, 1.165) is 33.4 Å². The zero-order chi connectivity index (χ0) is 25.8. The van der Waals surface area contributed by atoms with Gasteiger partial charge >= 0.3 is 0 Å². The monoisotopic (exact) mass is 584 g/mol. The van der Waals surface area contributed by atoms with Gasteiger partial charge in [0.1, 0.15) is 18.9 Å². The summed E-state index contributed by atoms with van der Waals surface area (Å²) in [5, 5.41) is 2.95. The fourth-order valence-corrected chi connectivity index (χ4v) is 5.02. The molecule has 1 aliphatic heterocycles. The van der Waals surface area contributed by atoms with Crippen LogP contribution in [-0.4, -0.2) is 28.5 Å². The van der Waals surface area contributed by atoms with Gasteiger partial charge in [0.05, 0.1) is 9.38 Å². The van der Waals surface area contributed by atoms with E-state index >= 15 is 0 Å². The minimum absolute atomic E-state index is 0.251. The van der Waals surface area contributed by atoms with E-state index in [9.17, 15) is 14.4 Å². The van der Waals surface area contributed by atoms with Gasteiger partial charge in [0, 0.05) is 10.7 Å². The van der Waals surface area contributed by atoms with Gasteiger partial charge in [-0.05, 0) is 94.6 Å². The molecule has 0 aromatic heterocycles. The minimum atomic E-state index is -0.500. The van der Waals surface area contributed by atoms with Crippen LogP contribution in [0.1, 0.15) is 22.3 Å². The number of hydrogen-bond acceptors (Lipinski definition) is 5. The number of aryl methyl sites for hydroxylation is 2. The lowest BCUT2D eigenvalue weighted by Gasteiger charge is -2.14. The van der Waals surface area contributed by atoms with E-state index in [2.05, 4.69) is 21.2 Å². The Morgan fingerprint density at radius 2 is 1.83 bits per heavy atom. The molecule has 184 valence electrons. The van der Waals surface area contributed by atoms with E-state index in [-0.39, 0.29) is 11.4 Å². The number of imide groups is 1. The highest BCUT2D eigenvalue weighted by atomic mass is 79.9. The van der Waals surface area contributed by atoms with Gasteiger partial charge in [0.2, 0.25) is 5.91 Å². The molecule has 0 bridgehead atoms. The third kappa shape index (κ3) is 6.37. The quantitative estimate of drug-likeness (QED) is 0.303. The molecule has 0 spiro atoms. The largest absolute Gasteiger partial charge is 0.488 e. The van der Waals surface area contributed by atoms with Crippen LogP contribution in [0.15, 0.2) is 70.0 Å². The molecule has 1 aliphatic rings. The Morgan fingerprint density at radius 1 is 1.08 bits per heavy atom. The number of nitrogens with one attached hydrogen (secondary N) is 1. The van der Waals surface area contributed by atoms with E-state index in [0.29, 0.717) is 33.1 Å². The highest BCUT2D eigenvalue weighted by Gasteiger charge is 2.36. The number of anilines is 1. The van der Waals surface area contributed by atoms with Gasteiger partial charge in [-0.2, -0.15) is 0 Å². The van der Waals surface area contributed by atoms with Gasteiger partial charge in [-0.25, -0.2) is 0 Å². The molecule has 0 atom stereocenters. The second-order valence-corrected chi connectivity index (χ2v) is 10.5. The molecule has 3 amide bonds. The summed E-state index contributed by atoms with van der Waals surface area (Å²) < 4.78 is 6.57. The molecular weight excluding hydrogens is 564 g/mol. The van der Waals surface area contributed by atoms with Crippen LogP contribution < -0.4 is 10.1 Å². The van der Waals surface area contributed by atoms with Gasteiger partial charge in [-0.3, -0.25) is 19.3 Å². The minimum Gasteiger partial charge on any atom is -0.488 e. The fraction of sp³-hybridized carbons (Fsp3) is 0.148. The third-order valence-corrected chi connectivity index (χ3v) is 7.17. The van der Waals surface area contributed by atoms with Crippen molar-refractivity contribution < 1.29 is 19.1 Å². The predicted molar refractivity (Wildman–Crippen MR) is 147 cm³/mol. The third-order valence-electron chi connectivity index (χ3n) is 5.39. The van der Waals surface area contributed by atoms with Crippen molar-refractivity contribution in [2.75, 3.05) is 11.9 Å². The number of carbonyl (C=O) groups excluding carboxylic acids is 3. The molecule has 1 N–H and O–H groups in total. The summed E-state index contributed by atoms with van der Waals surface area (Å²) in [4.78, 5) is 39.0. The number of rotatable bonds is 7. The first-order chi connectivity index (χ1) is 17.2. The Labute approximate surface area is 226 Å². The van der Waals surface area contributed by atoms with Crippen molar-refractivity contribution in [3.05, 3.63) is 97.3 Å². The summed E-state index contributed by atoms with van der Waals surface area (Å²) in [5.74, 6) is -0.298. The van der Waals surface area contributed by atoms with Crippen molar-refractivity contribution in [2.24, 2.45) is 0 Å². The number of thioether (sulfide) groups is 1. The van der Waals surface area contributed by atoms with E-state index in [1.807, 2.05) is 38.1 Å². The summed E-state index contributed by atoms with van der Waals surface area (Å²) in [6.45, 7) is 3.87. The van der Waals surface area contributed by atoms with Crippen LogP contribution in [0, 0.1) is 13.8 Å². The molecule has 1 fully saturated rings. The highest BCUT2D eigenvalue weighted by Crippen LogP contribution is 2.34. The number of nitrogens with zero attached hydrogens (tertiary/aromatic N) is 1. The zero-order valence-electron chi connectivity index (χ0n) is 19.5. The van der Waals surface area contributed by atoms with Crippen molar-refractivity contribution in [3.8, 4) is 5.75 Å². The van der Waals surface area contributed by atoms with Crippen LogP contribution in [0.4, 0.5) is 10.5 Å². The molecule has 0 aliphatic carbocycles. The molecule has 0 radical (unpaired) electrons. The second-order valence-electron chi connectivity index (χ2n) is 8.24. The number of ether oxygens (including phenoxy) is 1. The van der Waals surface area contributed by atoms with E-state index < -0.39 is 17.1 Å². The Morgan fingerprint density at radius 3 is 2.53 bits per heavy atom. The standard InChI is InChI=1S/C27H22BrClN2O4S/c1-16-3-9-22(17(2)11-16)30-25(32)14-31-26(33)24(36-27(31)34)13-19-6-10-23(21(28)12-19)35-15-18-4-7-20(29)8-5-18/h3-13H,14-15H2,1-2H3,(H,30,32)/b24-13+. The SMILES string of the molecule is Cc1ccc(NC(=O)CN2C(=O)S/C(=C/c3ccc(OCc4ccc(Cl)cc4)c(Br)c3)C2=O)c(C)c1. The lowest BCUT2D eigenvalue weighted by atomic mass is 10.1. The Kier molecular flexibility index (Phi) is 8.18. The van der Waals surface area contributed by atoms with Gasteiger partial charge in [-0.15, -0.1) is 0 Å². The number of halogens is 2. The smallest absolute Gasteiger partial charge is 0.294 e. The number of carbonyl (C=O) groups is 3. The van der Waals surface area contributed by atoms with E-state index in [1.165, 1.54) is 0 Å². The second kappa shape index (κ2) is 11.3. The molecule has 0 saturated carbocycles. The molecule has 3 aromatic rings. The van der Waals surface area contributed by atoms with Crippen molar-refractivity contribution in [1.82, 2.24) is 4.90 Å². The molecule has 0 unspecified atom stereocenters. The fourth-order valence-electron chi connectivity index (χ4n) is 3.54. The summed E-state index contributed by atoms with van der Waals surface area (Å²) in [6, 6.07) is 18.4. The van der Waals surface area contributed by atoms with Crippen LogP contribution in [-0.2, 0) is 16.2 Å². The van der Waals surface area contributed by atoms with Crippen LogP contribution in [0.25, 0.3) is 6.08 Å². The van der Waals surface area contributed by atoms with Crippen LogP contribution in [0.3, 0.4) is 0 Å².